The smallest absolute Gasteiger partial charge is 0.141 e. The van der Waals surface area contributed by atoms with Crippen LogP contribution in [0.1, 0.15) is 30.3 Å². The predicted molar refractivity (Wildman–Crippen MR) is 84.6 cm³/mol. The summed E-state index contributed by atoms with van der Waals surface area (Å²) in [6.45, 7) is 0. The Balaban J connectivity index is 1.76. The molecular formula is C15H16ClN3S. The van der Waals surface area contributed by atoms with Crippen LogP contribution >= 0.6 is 23.4 Å². The molecule has 0 spiro atoms. The number of aromatic nitrogens is 2. The summed E-state index contributed by atoms with van der Waals surface area (Å²) in [4.78, 5) is 10.3. The van der Waals surface area contributed by atoms with Crippen molar-refractivity contribution >= 4 is 29.2 Å². The predicted octanol–water partition coefficient (Wildman–Crippen LogP) is 4.34. The number of hydrogen-bond donors (Lipinski definition) is 1. The van der Waals surface area contributed by atoms with Crippen molar-refractivity contribution in [3.05, 3.63) is 46.9 Å². The summed E-state index contributed by atoms with van der Waals surface area (Å²) >= 11 is 7.84. The molecule has 1 aliphatic carbocycles. The third-order valence-corrected chi connectivity index (χ3v) is 4.75. The van der Waals surface area contributed by atoms with Gasteiger partial charge in [0.15, 0.2) is 0 Å². The van der Waals surface area contributed by atoms with Crippen LogP contribution in [-0.2, 0) is 5.75 Å². The molecule has 0 aliphatic heterocycles. The number of rotatable bonds is 5. The molecule has 1 fully saturated rings. The number of halogens is 1. The van der Waals surface area contributed by atoms with E-state index in [0.717, 1.165) is 27.3 Å². The van der Waals surface area contributed by atoms with Gasteiger partial charge in [0.05, 0.1) is 10.8 Å². The molecule has 0 radical (unpaired) electrons. The van der Waals surface area contributed by atoms with Gasteiger partial charge in [0, 0.05) is 29.6 Å². The van der Waals surface area contributed by atoms with Crippen molar-refractivity contribution in [3.8, 4) is 0 Å². The van der Waals surface area contributed by atoms with Gasteiger partial charge in [-0.25, -0.2) is 9.97 Å². The summed E-state index contributed by atoms with van der Waals surface area (Å²) in [7, 11) is 1.89. The average molecular weight is 306 g/mol. The average Bonchev–Trinajstić information content (AvgIpc) is 3.31. The third kappa shape index (κ3) is 3.25. The van der Waals surface area contributed by atoms with Crippen LogP contribution in [0.5, 0.6) is 0 Å². The van der Waals surface area contributed by atoms with Gasteiger partial charge in [0.2, 0.25) is 0 Å². The standard InChI is InChI=1S/C15H16ClN3S/c1-17-14-8-12(10-6-7-10)18-15(19-14)9-20-13-5-3-2-4-11(13)16/h2-5,8,10H,6-7,9H2,1H3,(H,17,18,19). The highest BCUT2D eigenvalue weighted by Crippen LogP contribution is 2.39. The minimum Gasteiger partial charge on any atom is -0.373 e. The van der Waals surface area contributed by atoms with E-state index in [0.29, 0.717) is 5.92 Å². The van der Waals surface area contributed by atoms with Gasteiger partial charge in [0.1, 0.15) is 11.6 Å². The second-order valence-electron chi connectivity index (χ2n) is 4.84. The Hall–Kier alpha value is -1.26. The van der Waals surface area contributed by atoms with Crippen LogP contribution in [0, 0.1) is 0 Å². The van der Waals surface area contributed by atoms with Crippen molar-refractivity contribution < 1.29 is 0 Å². The Morgan fingerprint density at radius 2 is 2.10 bits per heavy atom. The van der Waals surface area contributed by atoms with Gasteiger partial charge in [0.25, 0.3) is 0 Å². The lowest BCUT2D eigenvalue weighted by molar-refractivity contribution is 0.933. The van der Waals surface area contributed by atoms with Gasteiger partial charge in [-0.3, -0.25) is 0 Å². The van der Waals surface area contributed by atoms with E-state index in [-0.39, 0.29) is 0 Å². The monoisotopic (exact) mass is 305 g/mol. The molecule has 0 saturated heterocycles. The Bertz CT molecular complexity index is 614. The topological polar surface area (TPSA) is 37.8 Å². The number of anilines is 1. The largest absolute Gasteiger partial charge is 0.373 e. The maximum atomic E-state index is 6.17. The van der Waals surface area contributed by atoms with E-state index in [9.17, 15) is 0 Å². The SMILES string of the molecule is CNc1cc(C2CC2)nc(CSc2ccccc2Cl)n1. The van der Waals surface area contributed by atoms with Crippen molar-refractivity contribution in [2.45, 2.75) is 29.4 Å². The van der Waals surface area contributed by atoms with Gasteiger partial charge in [-0.1, -0.05) is 23.7 Å². The number of nitrogens with zero attached hydrogens (tertiary/aromatic N) is 2. The first kappa shape index (κ1) is 13.7. The number of thioether (sulfide) groups is 1. The fourth-order valence-corrected chi connectivity index (χ4v) is 3.10. The molecule has 3 nitrogen and oxygen atoms in total. The van der Waals surface area contributed by atoms with Gasteiger partial charge < -0.3 is 5.32 Å². The zero-order chi connectivity index (χ0) is 13.9. The fraction of sp³-hybridized carbons (Fsp3) is 0.333. The molecule has 0 atom stereocenters. The second-order valence-corrected chi connectivity index (χ2v) is 6.26. The van der Waals surface area contributed by atoms with Crippen molar-refractivity contribution in [1.82, 2.24) is 9.97 Å². The Kier molecular flexibility index (Phi) is 4.13. The molecule has 20 heavy (non-hydrogen) atoms. The fourth-order valence-electron chi connectivity index (χ4n) is 2.00. The lowest BCUT2D eigenvalue weighted by Gasteiger charge is -2.08. The molecule has 104 valence electrons. The molecule has 0 amide bonds. The van der Waals surface area contributed by atoms with Gasteiger partial charge in [-0.05, 0) is 25.0 Å². The number of benzene rings is 1. The van der Waals surface area contributed by atoms with Gasteiger partial charge >= 0.3 is 0 Å². The lowest BCUT2D eigenvalue weighted by atomic mass is 10.3. The van der Waals surface area contributed by atoms with Crippen molar-refractivity contribution in [1.29, 1.82) is 0 Å². The highest BCUT2D eigenvalue weighted by Gasteiger charge is 2.26. The van der Waals surface area contributed by atoms with E-state index < -0.39 is 0 Å². The van der Waals surface area contributed by atoms with Crippen LogP contribution in [0.3, 0.4) is 0 Å². The molecule has 1 N–H and O–H groups in total. The normalized spacial score (nSPS) is 14.3. The van der Waals surface area contributed by atoms with Crippen LogP contribution in [0.2, 0.25) is 5.02 Å². The second kappa shape index (κ2) is 6.02. The first-order chi connectivity index (χ1) is 9.76. The molecule has 0 unspecified atom stereocenters. The quantitative estimate of drug-likeness (QED) is 0.834. The Labute approximate surface area is 128 Å². The van der Waals surface area contributed by atoms with E-state index in [2.05, 4.69) is 21.4 Å². The van der Waals surface area contributed by atoms with Gasteiger partial charge in [-0.15, -0.1) is 11.8 Å². The van der Waals surface area contributed by atoms with Crippen LogP contribution in [0.25, 0.3) is 0 Å². The molecular weight excluding hydrogens is 290 g/mol. The molecule has 1 heterocycles. The summed E-state index contributed by atoms with van der Waals surface area (Å²) in [5.74, 6) is 3.13. The summed E-state index contributed by atoms with van der Waals surface area (Å²) in [6.07, 6.45) is 2.49. The molecule has 1 aliphatic rings. The summed E-state index contributed by atoms with van der Waals surface area (Å²) in [6, 6.07) is 9.92. The zero-order valence-electron chi connectivity index (χ0n) is 11.3. The summed E-state index contributed by atoms with van der Waals surface area (Å²) < 4.78 is 0. The molecule has 1 aromatic carbocycles. The zero-order valence-corrected chi connectivity index (χ0v) is 12.8. The minimum atomic E-state index is 0.633. The van der Waals surface area contributed by atoms with Crippen molar-refractivity contribution in [2.75, 3.05) is 12.4 Å². The molecule has 2 aromatic rings. The Morgan fingerprint density at radius 1 is 1.30 bits per heavy atom. The molecule has 1 saturated carbocycles. The van der Waals surface area contributed by atoms with E-state index >= 15 is 0 Å². The van der Waals surface area contributed by atoms with Crippen LogP contribution in [-0.4, -0.2) is 17.0 Å². The number of nitrogens with one attached hydrogen (secondary N) is 1. The first-order valence-electron chi connectivity index (χ1n) is 6.69. The summed E-state index contributed by atoms with van der Waals surface area (Å²) in [5, 5.41) is 3.90. The van der Waals surface area contributed by atoms with Gasteiger partial charge in [-0.2, -0.15) is 0 Å². The maximum absolute atomic E-state index is 6.17. The van der Waals surface area contributed by atoms with Crippen molar-refractivity contribution in [3.63, 3.8) is 0 Å². The van der Waals surface area contributed by atoms with Crippen molar-refractivity contribution in [2.24, 2.45) is 0 Å². The molecule has 5 heteroatoms. The molecule has 0 bridgehead atoms. The lowest BCUT2D eigenvalue weighted by Crippen LogP contribution is -2.02. The molecule has 3 rings (SSSR count). The highest BCUT2D eigenvalue weighted by atomic mass is 35.5. The van der Waals surface area contributed by atoms with Crippen LogP contribution in [0.4, 0.5) is 5.82 Å². The number of hydrogen-bond acceptors (Lipinski definition) is 4. The summed E-state index contributed by atoms with van der Waals surface area (Å²) in [5.41, 5.74) is 1.17. The molecule has 1 aromatic heterocycles. The highest BCUT2D eigenvalue weighted by molar-refractivity contribution is 7.98. The van der Waals surface area contributed by atoms with Crippen LogP contribution < -0.4 is 5.32 Å². The van der Waals surface area contributed by atoms with E-state index in [1.807, 2.05) is 31.3 Å². The Morgan fingerprint density at radius 3 is 2.80 bits per heavy atom. The third-order valence-electron chi connectivity index (χ3n) is 3.24. The van der Waals surface area contributed by atoms with E-state index in [1.54, 1.807) is 11.8 Å². The maximum Gasteiger partial charge on any atom is 0.141 e. The van der Waals surface area contributed by atoms with E-state index in [1.165, 1.54) is 18.5 Å². The van der Waals surface area contributed by atoms with E-state index in [4.69, 9.17) is 11.6 Å². The first-order valence-corrected chi connectivity index (χ1v) is 8.05. The van der Waals surface area contributed by atoms with Crippen LogP contribution in [0.15, 0.2) is 35.2 Å². The minimum absolute atomic E-state index is 0.633.